The van der Waals surface area contributed by atoms with Crippen molar-refractivity contribution in [1.29, 1.82) is 0 Å². The van der Waals surface area contributed by atoms with Crippen molar-refractivity contribution >= 4 is 17.7 Å². The minimum atomic E-state index is 0.177. The largest absolute Gasteiger partial charge is 0.336 e. The first-order chi connectivity index (χ1) is 8.61. The molecule has 1 aromatic rings. The van der Waals surface area contributed by atoms with Crippen LogP contribution in [-0.2, 0) is 0 Å². The molecule has 1 aliphatic rings. The van der Waals surface area contributed by atoms with Gasteiger partial charge in [-0.05, 0) is 37.9 Å². The van der Waals surface area contributed by atoms with Gasteiger partial charge in [0.05, 0.1) is 0 Å². The van der Waals surface area contributed by atoms with Gasteiger partial charge in [0.25, 0.3) is 5.91 Å². The Balaban J connectivity index is 2.17. The molecule has 0 aromatic heterocycles. The minimum absolute atomic E-state index is 0.177. The molecule has 1 aromatic carbocycles. The van der Waals surface area contributed by atoms with Gasteiger partial charge in [0.15, 0.2) is 0 Å². The van der Waals surface area contributed by atoms with Crippen LogP contribution in [0.15, 0.2) is 23.1 Å². The van der Waals surface area contributed by atoms with Crippen LogP contribution in [0.1, 0.15) is 15.9 Å². The molecule has 0 N–H and O–H groups in total. The third-order valence-corrected chi connectivity index (χ3v) is 4.19. The molecule has 4 heteroatoms. The average Bonchev–Trinajstić information content (AvgIpc) is 2.39. The number of benzene rings is 1. The van der Waals surface area contributed by atoms with Crippen molar-refractivity contribution in [2.45, 2.75) is 11.8 Å². The summed E-state index contributed by atoms with van der Waals surface area (Å²) >= 11 is 1.68. The molecule has 1 amide bonds. The Bertz CT molecular complexity index is 439. The second-order valence-corrected chi connectivity index (χ2v) is 5.66. The lowest BCUT2D eigenvalue weighted by Crippen LogP contribution is -2.47. The summed E-state index contributed by atoms with van der Waals surface area (Å²) in [5, 5.41) is 0. The molecular weight excluding hydrogens is 244 g/mol. The van der Waals surface area contributed by atoms with E-state index in [1.54, 1.807) is 11.8 Å². The number of carbonyl (C=O) groups excluding carboxylic acids is 1. The molecular formula is C14H20N2OS. The summed E-state index contributed by atoms with van der Waals surface area (Å²) in [6.07, 6.45) is 2.04. The summed E-state index contributed by atoms with van der Waals surface area (Å²) in [6, 6.07) is 6.12. The number of thioether (sulfide) groups is 1. The topological polar surface area (TPSA) is 23.6 Å². The Morgan fingerprint density at radius 3 is 2.50 bits per heavy atom. The van der Waals surface area contributed by atoms with Gasteiger partial charge >= 0.3 is 0 Å². The van der Waals surface area contributed by atoms with E-state index in [4.69, 9.17) is 0 Å². The molecule has 0 aliphatic carbocycles. The highest BCUT2D eigenvalue weighted by Crippen LogP contribution is 2.20. The SMILES string of the molecule is CSc1ccc(C)c(C(=O)N2CCN(C)CC2)c1. The monoisotopic (exact) mass is 264 g/mol. The number of aryl methyl sites for hydroxylation is 1. The molecule has 0 atom stereocenters. The van der Waals surface area contributed by atoms with E-state index in [1.807, 2.05) is 30.2 Å². The first-order valence-corrected chi connectivity index (χ1v) is 7.47. The quantitative estimate of drug-likeness (QED) is 0.764. The zero-order chi connectivity index (χ0) is 13.1. The molecule has 1 saturated heterocycles. The van der Waals surface area contributed by atoms with Gasteiger partial charge in [0.2, 0.25) is 0 Å². The zero-order valence-electron chi connectivity index (χ0n) is 11.3. The Morgan fingerprint density at radius 1 is 1.22 bits per heavy atom. The minimum Gasteiger partial charge on any atom is -0.336 e. The number of amides is 1. The molecule has 1 aliphatic heterocycles. The van der Waals surface area contributed by atoms with Crippen LogP contribution in [0.2, 0.25) is 0 Å². The van der Waals surface area contributed by atoms with Crippen molar-refractivity contribution in [3.05, 3.63) is 29.3 Å². The number of piperazine rings is 1. The fourth-order valence-electron chi connectivity index (χ4n) is 2.14. The van der Waals surface area contributed by atoms with Crippen molar-refractivity contribution in [2.75, 3.05) is 39.5 Å². The molecule has 18 heavy (non-hydrogen) atoms. The van der Waals surface area contributed by atoms with Crippen molar-refractivity contribution < 1.29 is 4.79 Å². The Kier molecular flexibility index (Phi) is 4.30. The van der Waals surface area contributed by atoms with Crippen LogP contribution in [0.25, 0.3) is 0 Å². The van der Waals surface area contributed by atoms with Crippen molar-refractivity contribution in [3.63, 3.8) is 0 Å². The lowest BCUT2D eigenvalue weighted by Gasteiger charge is -2.32. The lowest BCUT2D eigenvalue weighted by atomic mass is 10.1. The van der Waals surface area contributed by atoms with E-state index in [9.17, 15) is 4.79 Å². The molecule has 1 heterocycles. The molecule has 3 nitrogen and oxygen atoms in total. The third-order valence-electron chi connectivity index (χ3n) is 3.47. The number of hydrogen-bond donors (Lipinski definition) is 0. The Morgan fingerprint density at radius 2 is 1.89 bits per heavy atom. The van der Waals surface area contributed by atoms with E-state index >= 15 is 0 Å². The third kappa shape index (κ3) is 2.87. The molecule has 1 fully saturated rings. The van der Waals surface area contributed by atoms with Crippen LogP contribution in [-0.4, -0.2) is 55.2 Å². The molecule has 98 valence electrons. The predicted octanol–water partition coefficient (Wildman–Crippen LogP) is 2.10. The molecule has 2 rings (SSSR count). The standard InChI is InChI=1S/C14H20N2OS/c1-11-4-5-12(18-3)10-13(11)14(17)16-8-6-15(2)7-9-16/h4-5,10H,6-9H2,1-3H3. The van der Waals surface area contributed by atoms with E-state index < -0.39 is 0 Å². The molecule has 0 radical (unpaired) electrons. The van der Waals surface area contributed by atoms with Crippen molar-refractivity contribution in [2.24, 2.45) is 0 Å². The van der Waals surface area contributed by atoms with E-state index in [2.05, 4.69) is 18.0 Å². The maximum absolute atomic E-state index is 12.5. The number of carbonyl (C=O) groups is 1. The summed E-state index contributed by atoms with van der Waals surface area (Å²) < 4.78 is 0. The van der Waals surface area contributed by atoms with Crippen LogP contribution in [0.3, 0.4) is 0 Å². The first-order valence-electron chi connectivity index (χ1n) is 6.24. The highest BCUT2D eigenvalue weighted by atomic mass is 32.2. The highest BCUT2D eigenvalue weighted by molar-refractivity contribution is 7.98. The normalized spacial score (nSPS) is 16.9. The van der Waals surface area contributed by atoms with Gasteiger partial charge in [-0.2, -0.15) is 0 Å². The predicted molar refractivity (Wildman–Crippen MR) is 76.4 cm³/mol. The van der Waals surface area contributed by atoms with Gasteiger partial charge < -0.3 is 9.80 Å². The van der Waals surface area contributed by atoms with Crippen LogP contribution in [0.5, 0.6) is 0 Å². The van der Waals surface area contributed by atoms with Gasteiger partial charge in [-0.15, -0.1) is 11.8 Å². The summed E-state index contributed by atoms with van der Waals surface area (Å²) in [6.45, 7) is 5.60. The second-order valence-electron chi connectivity index (χ2n) is 4.78. The Labute approximate surface area is 113 Å². The van der Waals surface area contributed by atoms with E-state index in [1.165, 1.54) is 0 Å². The van der Waals surface area contributed by atoms with Gasteiger partial charge in [0, 0.05) is 36.6 Å². The molecule has 0 unspecified atom stereocenters. The van der Waals surface area contributed by atoms with Gasteiger partial charge in [-0.1, -0.05) is 6.07 Å². The lowest BCUT2D eigenvalue weighted by molar-refractivity contribution is 0.0663. The average molecular weight is 264 g/mol. The van der Waals surface area contributed by atoms with E-state index in [0.717, 1.165) is 42.2 Å². The fraction of sp³-hybridized carbons (Fsp3) is 0.500. The van der Waals surface area contributed by atoms with E-state index in [0.29, 0.717) is 0 Å². The molecule has 0 bridgehead atoms. The van der Waals surface area contributed by atoms with Crippen molar-refractivity contribution in [1.82, 2.24) is 9.80 Å². The first kappa shape index (κ1) is 13.4. The van der Waals surface area contributed by atoms with Crippen LogP contribution >= 0.6 is 11.8 Å². The van der Waals surface area contributed by atoms with Crippen LogP contribution < -0.4 is 0 Å². The Hall–Kier alpha value is -1.00. The van der Waals surface area contributed by atoms with E-state index in [-0.39, 0.29) is 5.91 Å². The summed E-state index contributed by atoms with van der Waals surface area (Å²) in [4.78, 5) is 17.9. The smallest absolute Gasteiger partial charge is 0.254 e. The maximum atomic E-state index is 12.5. The summed E-state index contributed by atoms with van der Waals surface area (Å²) in [5.41, 5.74) is 1.92. The number of nitrogens with zero attached hydrogens (tertiary/aromatic N) is 2. The van der Waals surface area contributed by atoms with Gasteiger partial charge in [-0.3, -0.25) is 4.79 Å². The maximum Gasteiger partial charge on any atom is 0.254 e. The summed E-state index contributed by atoms with van der Waals surface area (Å²) in [7, 11) is 2.10. The molecule has 0 spiro atoms. The number of rotatable bonds is 2. The van der Waals surface area contributed by atoms with Crippen LogP contribution in [0.4, 0.5) is 0 Å². The van der Waals surface area contributed by atoms with Crippen LogP contribution in [0, 0.1) is 6.92 Å². The second kappa shape index (κ2) is 5.76. The highest BCUT2D eigenvalue weighted by Gasteiger charge is 2.21. The molecule has 0 saturated carbocycles. The summed E-state index contributed by atoms with van der Waals surface area (Å²) in [5.74, 6) is 0.177. The number of hydrogen-bond acceptors (Lipinski definition) is 3. The van der Waals surface area contributed by atoms with Crippen molar-refractivity contribution in [3.8, 4) is 0 Å². The number of likely N-dealkylation sites (N-methyl/N-ethyl adjacent to an activating group) is 1. The van der Waals surface area contributed by atoms with Gasteiger partial charge in [-0.25, -0.2) is 0 Å². The fourth-order valence-corrected chi connectivity index (χ4v) is 2.58. The zero-order valence-corrected chi connectivity index (χ0v) is 12.1. The van der Waals surface area contributed by atoms with Gasteiger partial charge in [0.1, 0.15) is 0 Å².